The quantitative estimate of drug-likeness (QED) is 0.764. The van der Waals surface area contributed by atoms with Crippen LogP contribution in [0.5, 0.6) is 0 Å². The fourth-order valence-electron chi connectivity index (χ4n) is 3.20. The molecule has 15 heavy (non-hydrogen) atoms. The van der Waals surface area contributed by atoms with E-state index in [4.69, 9.17) is 5.26 Å². The van der Waals surface area contributed by atoms with Gasteiger partial charge in [0.25, 0.3) is 0 Å². The van der Waals surface area contributed by atoms with E-state index in [1.54, 1.807) is 11.3 Å². The van der Waals surface area contributed by atoms with Crippen molar-refractivity contribution in [2.75, 3.05) is 0 Å². The number of hydrogen-bond donors (Lipinski definition) is 0. The Balaban J connectivity index is 1.79. The first-order valence-electron chi connectivity index (χ1n) is 5.68. The van der Waals surface area contributed by atoms with Crippen molar-refractivity contribution in [1.82, 2.24) is 4.98 Å². The van der Waals surface area contributed by atoms with Gasteiger partial charge >= 0.3 is 0 Å². The van der Waals surface area contributed by atoms with Gasteiger partial charge in [0.2, 0.25) is 0 Å². The summed E-state index contributed by atoms with van der Waals surface area (Å²) in [6, 6.07) is 2.17. The molecule has 3 rings (SSSR count). The minimum absolute atomic E-state index is 0.470. The Morgan fingerprint density at radius 3 is 3.07 bits per heavy atom. The van der Waals surface area contributed by atoms with E-state index in [0.29, 0.717) is 6.42 Å². The van der Waals surface area contributed by atoms with Gasteiger partial charge in [0.15, 0.2) is 0 Å². The number of thiazole rings is 1. The molecule has 3 unspecified atom stereocenters. The molecule has 0 aromatic carbocycles. The van der Waals surface area contributed by atoms with Crippen LogP contribution in [0.4, 0.5) is 0 Å². The summed E-state index contributed by atoms with van der Waals surface area (Å²) in [6.45, 7) is 0. The second kappa shape index (κ2) is 3.61. The first kappa shape index (κ1) is 9.35. The lowest BCUT2D eigenvalue weighted by atomic mass is 9.89. The van der Waals surface area contributed by atoms with Gasteiger partial charge in [-0.15, -0.1) is 11.3 Å². The molecule has 0 radical (unpaired) electrons. The van der Waals surface area contributed by atoms with Crippen LogP contribution in [0.25, 0.3) is 0 Å². The maximum Gasteiger partial charge on any atom is 0.0962 e. The Morgan fingerprint density at radius 1 is 1.47 bits per heavy atom. The molecule has 1 aromatic heterocycles. The average Bonchev–Trinajstić information content (AvgIpc) is 2.91. The van der Waals surface area contributed by atoms with Gasteiger partial charge in [-0.2, -0.15) is 5.26 Å². The van der Waals surface area contributed by atoms with Gasteiger partial charge < -0.3 is 0 Å². The third-order valence-corrected chi connectivity index (χ3v) is 4.91. The van der Waals surface area contributed by atoms with E-state index >= 15 is 0 Å². The summed E-state index contributed by atoms with van der Waals surface area (Å²) in [7, 11) is 0. The zero-order valence-electron chi connectivity index (χ0n) is 8.65. The molecule has 0 amide bonds. The Hall–Kier alpha value is -0.880. The van der Waals surface area contributed by atoms with Gasteiger partial charge in [-0.3, -0.25) is 0 Å². The second-order valence-corrected chi connectivity index (χ2v) is 5.68. The van der Waals surface area contributed by atoms with Crippen LogP contribution in [-0.4, -0.2) is 4.98 Å². The second-order valence-electron chi connectivity index (χ2n) is 4.79. The molecule has 2 nitrogen and oxygen atoms in total. The van der Waals surface area contributed by atoms with Gasteiger partial charge in [-0.05, 0) is 31.1 Å². The largest absolute Gasteiger partial charge is 0.245 e. The Kier molecular flexibility index (Phi) is 2.25. The maximum absolute atomic E-state index is 8.61. The van der Waals surface area contributed by atoms with Crippen LogP contribution >= 0.6 is 11.3 Å². The molecule has 2 fully saturated rings. The highest BCUT2D eigenvalue weighted by Gasteiger charge is 2.41. The van der Waals surface area contributed by atoms with Crippen LogP contribution in [0, 0.1) is 23.2 Å². The van der Waals surface area contributed by atoms with Crippen molar-refractivity contribution in [2.45, 2.75) is 38.0 Å². The minimum Gasteiger partial charge on any atom is -0.245 e. The average molecular weight is 218 g/mol. The van der Waals surface area contributed by atoms with E-state index in [1.165, 1.54) is 30.7 Å². The predicted octanol–water partition coefficient (Wildman–Crippen LogP) is 3.11. The van der Waals surface area contributed by atoms with Crippen molar-refractivity contribution < 1.29 is 0 Å². The summed E-state index contributed by atoms with van der Waals surface area (Å²) in [6.07, 6.45) is 6.10. The molecule has 1 aromatic rings. The molecular weight excluding hydrogens is 204 g/mol. The van der Waals surface area contributed by atoms with Gasteiger partial charge in [0, 0.05) is 11.3 Å². The van der Waals surface area contributed by atoms with E-state index in [2.05, 4.69) is 16.4 Å². The first-order valence-corrected chi connectivity index (χ1v) is 6.56. The number of nitrogens with zero attached hydrogens (tertiary/aromatic N) is 2. The topological polar surface area (TPSA) is 36.7 Å². The van der Waals surface area contributed by atoms with Gasteiger partial charge in [-0.25, -0.2) is 4.98 Å². The van der Waals surface area contributed by atoms with E-state index < -0.39 is 0 Å². The minimum atomic E-state index is 0.470. The van der Waals surface area contributed by atoms with Crippen molar-refractivity contribution in [2.24, 2.45) is 11.8 Å². The zero-order valence-corrected chi connectivity index (χ0v) is 9.46. The molecule has 2 aliphatic rings. The SMILES string of the molecule is N#CCc1csc(C2CC3CCC2C3)n1. The van der Waals surface area contributed by atoms with E-state index in [-0.39, 0.29) is 0 Å². The van der Waals surface area contributed by atoms with Crippen LogP contribution in [0.2, 0.25) is 0 Å². The lowest BCUT2D eigenvalue weighted by Crippen LogP contribution is -2.08. The summed E-state index contributed by atoms with van der Waals surface area (Å²) in [5.74, 6) is 2.60. The number of aromatic nitrogens is 1. The van der Waals surface area contributed by atoms with E-state index in [9.17, 15) is 0 Å². The van der Waals surface area contributed by atoms with Crippen molar-refractivity contribution in [3.05, 3.63) is 16.1 Å². The highest BCUT2D eigenvalue weighted by Crippen LogP contribution is 2.53. The fourth-order valence-corrected chi connectivity index (χ4v) is 4.23. The standard InChI is InChI=1S/C12H14N2S/c13-4-3-10-7-15-12(14-10)11-6-8-1-2-9(11)5-8/h7-9,11H,1-3,5-6H2. The fraction of sp³-hybridized carbons (Fsp3) is 0.667. The van der Waals surface area contributed by atoms with E-state index in [0.717, 1.165) is 23.4 Å². The molecule has 0 spiro atoms. The lowest BCUT2D eigenvalue weighted by molar-refractivity contribution is 0.418. The molecule has 2 aliphatic carbocycles. The third kappa shape index (κ3) is 1.57. The maximum atomic E-state index is 8.61. The number of nitriles is 1. The highest BCUT2D eigenvalue weighted by atomic mass is 32.1. The third-order valence-electron chi connectivity index (χ3n) is 3.88. The molecule has 1 heterocycles. The normalized spacial score (nSPS) is 33.1. The predicted molar refractivity (Wildman–Crippen MR) is 59.6 cm³/mol. The summed E-state index contributed by atoms with van der Waals surface area (Å²) in [4.78, 5) is 4.60. The molecule has 2 saturated carbocycles. The molecular formula is C12H14N2S. The Morgan fingerprint density at radius 2 is 2.40 bits per heavy atom. The molecule has 0 aliphatic heterocycles. The molecule has 0 saturated heterocycles. The lowest BCUT2D eigenvalue weighted by Gasteiger charge is -2.18. The summed E-state index contributed by atoms with van der Waals surface area (Å²) in [5, 5.41) is 12.0. The first-order chi connectivity index (χ1) is 7.36. The molecule has 3 atom stereocenters. The monoisotopic (exact) mass is 218 g/mol. The van der Waals surface area contributed by atoms with Crippen LogP contribution < -0.4 is 0 Å². The summed E-state index contributed by atoms with van der Waals surface area (Å²) in [5.41, 5.74) is 0.972. The number of fused-ring (bicyclic) bond motifs is 2. The Bertz CT molecular complexity index is 404. The smallest absolute Gasteiger partial charge is 0.0962 e. The van der Waals surface area contributed by atoms with Crippen molar-refractivity contribution in [3.63, 3.8) is 0 Å². The number of hydrogen-bond acceptors (Lipinski definition) is 3. The van der Waals surface area contributed by atoms with Crippen molar-refractivity contribution in [1.29, 1.82) is 5.26 Å². The van der Waals surface area contributed by atoms with Crippen molar-refractivity contribution >= 4 is 11.3 Å². The van der Waals surface area contributed by atoms with Crippen LogP contribution in [0.3, 0.4) is 0 Å². The van der Waals surface area contributed by atoms with E-state index in [1.807, 2.05) is 0 Å². The molecule has 0 N–H and O–H groups in total. The van der Waals surface area contributed by atoms with Crippen molar-refractivity contribution in [3.8, 4) is 6.07 Å². The number of rotatable bonds is 2. The molecule has 78 valence electrons. The van der Waals surface area contributed by atoms with Crippen LogP contribution in [-0.2, 0) is 6.42 Å². The Labute approximate surface area is 94.0 Å². The highest BCUT2D eigenvalue weighted by molar-refractivity contribution is 7.09. The summed E-state index contributed by atoms with van der Waals surface area (Å²) < 4.78 is 0. The van der Waals surface area contributed by atoms with Crippen LogP contribution in [0.1, 0.15) is 42.3 Å². The molecule has 3 heteroatoms. The zero-order chi connectivity index (χ0) is 10.3. The summed E-state index contributed by atoms with van der Waals surface area (Å²) >= 11 is 1.76. The van der Waals surface area contributed by atoms with Gasteiger partial charge in [0.05, 0.1) is 23.2 Å². The van der Waals surface area contributed by atoms with Gasteiger partial charge in [0.1, 0.15) is 0 Å². The molecule has 2 bridgehead atoms. The van der Waals surface area contributed by atoms with Crippen LogP contribution in [0.15, 0.2) is 5.38 Å². The van der Waals surface area contributed by atoms with Gasteiger partial charge in [-0.1, -0.05) is 6.42 Å².